The number of furan rings is 1. The number of ether oxygens (including phenoxy) is 2. The van der Waals surface area contributed by atoms with E-state index in [4.69, 9.17) is 18.3 Å². The molecule has 0 radical (unpaired) electrons. The lowest BCUT2D eigenvalue weighted by molar-refractivity contribution is -0.150. The number of carbonyl (C=O) groups is 2. The Morgan fingerprint density at radius 1 is 1.17 bits per heavy atom. The molecule has 0 spiro atoms. The normalized spacial score (nSPS) is 13.6. The third kappa shape index (κ3) is 4.22. The molecule has 0 aliphatic heterocycles. The maximum absolute atomic E-state index is 12.1. The number of aryl methyl sites for hydroxylation is 1. The molecule has 0 unspecified atom stereocenters. The second-order valence-electron chi connectivity index (χ2n) is 7.11. The molecule has 0 saturated carbocycles. The maximum atomic E-state index is 12.1. The van der Waals surface area contributed by atoms with E-state index in [1.165, 1.54) is 6.26 Å². The molecule has 3 aromatic rings. The zero-order valence-electron chi connectivity index (χ0n) is 16.4. The molecular formula is C22H21NO7. The van der Waals surface area contributed by atoms with Crippen molar-refractivity contribution in [2.75, 3.05) is 13.2 Å². The van der Waals surface area contributed by atoms with Gasteiger partial charge in [0.25, 0.3) is 5.91 Å². The van der Waals surface area contributed by atoms with E-state index in [1.54, 1.807) is 31.2 Å². The van der Waals surface area contributed by atoms with Gasteiger partial charge in [0, 0.05) is 17.0 Å². The van der Waals surface area contributed by atoms with E-state index in [2.05, 4.69) is 5.32 Å². The molecule has 156 valence electrons. The highest BCUT2D eigenvalue weighted by Crippen LogP contribution is 2.29. The second kappa shape index (κ2) is 8.44. The molecule has 2 aromatic heterocycles. The monoisotopic (exact) mass is 411 g/mol. The summed E-state index contributed by atoms with van der Waals surface area (Å²) < 4.78 is 20.9. The van der Waals surface area contributed by atoms with E-state index >= 15 is 0 Å². The minimum atomic E-state index is -0.689. The summed E-state index contributed by atoms with van der Waals surface area (Å²) in [5.74, 6) is -0.164. The largest absolute Gasteiger partial charge is 0.482 e. The molecule has 2 heterocycles. The number of hydrogen-bond acceptors (Lipinski definition) is 7. The van der Waals surface area contributed by atoms with Gasteiger partial charge in [0.1, 0.15) is 17.1 Å². The van der Waals surface area contributed by atoms with Crippen molar-refractivity contribution in [3.63, 3.8) is 0 Å². The number of amides is 1. The fraction of sp³-hybridized carbons (Fsp3) is 0.318. The Labute approximate surface area is 171 Å². The average Bonchev–Trinajstić information content (AvgIpc) is 3.43. The van der Waals surface area contributed by atoms with E-state index in [1.807, 2.05) is 6.07 Å². The fourth-order valence-electron chi connectivity index (χ4n) is 3.58. The first-order valence-electron chi connectivity index (χ1n) is 9.71. The van der Waals surface area contributed by atoms with Crippen molar-refractivity contribution >= 4 is 22.8 Å². The Balaban J connectivity index is 1.29. The van der Waals surface area contributed by atoms with Crippen LogP contribution in [0.2, 0.25) is 0 Å². The number of nitrogens with one attached hydrogen (secondary N) is 1. The molecule has 1 atom stereocenters. The van der Waals surface area contributed by atoms with Crippen molar-refractivity contribution in [1.29, 1.82) is 0 Å². The number of esters is 1. The van der Waals surface area contributed by atoms with Gasteiger partial charge in [-0.25, -0.2) is 9.59 Å². The molecular weight excluding hydrogens is 390 g/mol. The summed E-state index contributed by atoms with van der Waals surface area (Å²) in [6, 6.07) is 8.25. The number of fused-ring (bicyclic) bond motifs is 3. The molecule has 1 aliphatic rings. The van der Waals surface area contributed by atoms with E-state index in [9.17, 15) is 14.4 Å². The Morgan fingerprint density at radius 2 is 2.00 bits per heavy atom. The van der Waals surface area contributed by atoms with Crippen molar-refractivity contribution in [2.24, 2.45) is 0 Å². The molecule has 0 bridgehead atoms. The van der Waals surface area contributed by atoms with Crippen LogP contribution in [0.25, 0.3) is 11.0 Å². The van der Waals surface area contributed by atoms with Crippen LogP contribution in [0.15, 0.2) is 50.2 Å². The highest BCUT2D eigenvalue weighted by Gasteiger charge is 2.20. The lowest BCUT2D eigenvalue weighted by Crippen LogP contribution is -2.31. The van der Waals surface area contributed by atoms with E-state index < -0.39 is 18.5 Å². The van der Waals surface area contributed by atoms with Crippen LogP contribution in [0.3, 0.4) is 0 Å². The van der Waals surface area contributed by atoms with Gasteiger partial charge in [-0.3, -0.25) is 4.79 Å². The molecule has 8 heteroatoms. The number of benzene rings is 1. The lowest BCUT2D eigenvalue weighted by Gasteiger charge is -2.12. The highest BCUT2D eigenvalue weighted by molar-refractivity contribution is 5.83. The summed E-state index contributed by atoms with van der Waals surface area (Å²) in [6.45, 7) is 0.961. The second-order valence-corrected chi connectivity index (χ2v) is 7.11. The Bertz CT molecular complexity index is 1130. The molecule has 1 N–H and O–H groups in total. The zero-order chi connectivity index (χ0) is 21.1. The van der Waals surface area contributed by atoms with Gasteiger partial charge in [-0.15, -0.1) is 0 Å². The van der Waals surface area contributed by atoms with Crippen molar-refractivity contribution in [3.8, 4) is 5.75 Å². The van der Waals surface area contributed by atoms with Crippen LogP contribution in [0.5, 0.6) is 5.75 Å². The molecule has 8 nitrogen and oxygen atoms in total. The first-order chi connectivity index (χ1) is 14.5. The molecule has 1 aromatic carbocycles. The Morgan fingerprint density at radius 3 is 2.80 bits per heavy atom. The van der Waals surface area contributed by atoms with Crippen molar-refractivity contribution in [2.45, 2.75) is 32.2 Å². The van der Waals surface area contributed by atoms with Gasteiger partial charge in [0.15, 0.2) is 13.2 Å². The van der Waals surface area contributed by atoms with Crippen LogP contribution in [0.1, 0.15) is 36.3 Å². The molecule has 1 aliphatic carbocycles. The molecule has 0 fully saturated rings. The smallest absolute Gasteiger partial charge is 0.344 e. The lowest BCUT2D eigenvalue weighted by atomic mass is 10.1. The summed E-state index contributed by atoms with van der Waals surface area (Å²) in [6.07, 6.45) is 4.05. The standard InChI is InChI=1S/C22H21NO7/c1-13(18-6-3-9-27-18)23-20(24)11-29-21(25)12-28-14-7-8-16-15-4-2-5-17(15)22(26)30-19(16)10-14/h3,6-10,13H,2,4-5,11-12H2,1H3,(H,23,24)/t13-/m0/s1. The first-order valence-corrected chi connectivity index (χ1v) is 9.71. The van der Waals surface area contributed by atoms with Crippen LogP contribution in [0.4, 0.5) is 0 Å². The summed E-state index contributed by atoms with van der Waals surface area (Å²) in [7, 11) is 0. The Kier molecular flexibility index (Phi) is 5.56. The first kappa shape index (κ1) is 19.8. The minimum absolute atomic E-state index is 0.318. The van der Waals surface area contributed by atoms with Crippen molar-refractivity contribution < 1.29 is 27.9 Å². The van der Waals surface area contributed by atoms with E-state index in [0.29, 0.717) is 17.1 Å². The fourth-order valence-corrected chi connectivity index (χ4v) is 3.58. The van der Waals surface area contributed by atoms with E-state index in [-0.39, 0.29) is 18.3 Å². The van der Waals surface area contributed by atoms with Gasteiger partial charge in [-0.1, -0.05) is 0 Å². The zero-order valence-corrected chi connectivity index (χ0v) is 16.4. The van der Waals surface area contributed by atoms with Crippen LogP contribution in [0, 0.1) is 0 Å². The quantitative estimate of drug-likeness (QED) is 0.470. The topological polar surface area (TPSA) is 108 Å². The SMILES string of the molecule is C[C@H](NC(=O)COC(=O)COc1ccc2c3c(c(=O)oc2c1)CCC3)c1ccco1. The molecule has 1 amide bonds. The van der Waals surface area contributed by atoms with Crippen LogP contribution in [-0.2, 0) is 27.2 Å². The van der Waals surface area contributed by atoms with Crippen molar-refractivity contribution in [3.05, 3.63) is 63.9 Å². The summed E-state index contributed by atoms with van der Waals surface area (Å²) >= 11 is 0. The Hall–Kier alpha value is -3.55. The average molecular weight is 411 g/mol. The molecule has 4 rings (SSSR count). The number of hydrogen-bond donors (Lipinski definition) is 1. The van der Waals surface area contributed by atoms with Gasteiger partial charge in [-0.2, -0.15) is 0 Å². The molecule has 0 saturated heterocycles. The minimum Gasteiger partial charge on any atom is -0.482 e. The van der Waals surface area contributed by atoms with Crippen molar-refractivity contribution in [1.82, 2.24) is 5.32 Å². The van der Waals surface area contributed by atoms with Gasteiger partial charge in [0.2, 0.25) is 0 Å². The predicted molar refractivity (Wildman–Crippen MR) is 106 cm³/mol. The highest BCUT2D eigenvalue weighted by atomic mass is 16.6. The number of rotatable bonds is 7. The van der Waals surface area contributed by atoms with Crippen LogP contribution < -0.4 is 15.7 Å². The summed E-state index contributed by atoms with van der Waals surface area (Å²) in [4.78, 5) is 35.9. The van der Waals surface area contributed by atoms with Crippen LogP contribution >= 0.6 is 0 Å². The predicted octanol–water partition coefficient (Wildman–Crippen LogP) is 2.67. The van der Waals surface area contributed by atoms with Crippen LogP contribution in [-0.4, -0.2) is 25.1 Å². The van der Waals surface area contributed by atoms with E-state index in [0.717, 1.165) is 35.8 Å². The van der Waals surface area contributed by atoms with Gasteiger partial charge in [0.05, 0.1) is 12.3 Å². The van der Waals surface area contributed by atoms with Gasteiger partial charge >= 0.3 is 11.6 Å². The third-order valence-electron chi connectivity index (χ3n) is 5.01. The third-order valence-corrected chi connectivity index (χ3v) is 5.01. The summed E-state index contributed by atoms with van der Waals surface area (Å²) in [5, 5.41) is 3.55. The maximum Gasteiger partial charge on any atom is 0.344 e. The summed E-state index contributed by atoms with van der Waals surface area (Å²) in [5.41, 5.74) is 1.89. The van der Waals surface area contributed by atoms with Gasteiger partial charge < -0.3 is 23.6 Å². The van der Waals surface area contributed by atoms with Gasteiger partial charge in [-0.05, 0) is 56.0 Å². The molecule has 30 heavy (non-hydrogen) atoms. The number of carbonyl (C=O) groups excluding carboxylic acids is 2.